The number of nitrogens with one attached hydrogen (secondary N) is 2. The summed E-state index contributed by atoms with van der Waals surface area (Å²) in [6, 6.07) is 14.4. The van der Waals surface area contributed by atoms with Crippen molar-refractivity contribution in [2.45, 2.75) is 19.8 Å². The molecule has 3 heteroatoms. The highest BCUT2D eigenvalue weighted by molar-refractivity contribution is 5.85. The third-order valence-corrected chi connectivity index (χ3v) is 3.28. The van der Waals surface area contributed by atoms with Gasteiger partial charge in [-0.05, 0) is 35.8 Å². The van der Waals surface area contributed by atoms with Crippen LogP contribution in [0.25, 0.3) is 10.8 Å². The smallest absolute Gasteiger partial charge is 0.224 e. The maximum absolute atomic E-state index is 11.8. The summed E-state index contributed by atoms with van der Waals surface area (Å²) >= 11 is 0. The van der Waals surface area contributed by atoms with Crippen molar-refractivity contribution in [3.8, 4) is 0 Å². The molecule has 0 fully saturated rings. The lowest BCUT2D eigenvalue weighted by atomic mass is 10.0. The van der Waals surface area contributed by atoms with Crippen LogP contribution in [0.4, 0.5) is 0 Å². The van der Waals surface area contributed by atoms with E-state index in [1.54, 1.807) is 0 Å². The number of benzene rings is 2. The molecule has 1 amide bonds. The Morgan fingerprint density at radius 1 is 1.05 bits per heavy atom. The Bertz CT molecular complexity index is 566. The topological polar surface area (TPSA) is 41.1 Å². The highest BCUT2D eigenvalue weighted by Crippen LogP contribution is 2.15. The zero-order valence-corrected chi connectivity index (χ0v) is 12.0. The molecule has 2 N–H and O–H groups in total. The molecule has 0 heterocycles. The number of hydrogen-bond acceptors (Lipinski definition) is 2. The highest BCUT2D eigenvalue weighted by atomic mass is 16.1. The van der Waals surface area contributed by atoms with E-state index in [0.717, 1.165) is 31.6 Å². The Kier molecular flexibility index (Phi) is 5.56. The Balaban J connectivity index is 1.83. The Morgan fingerprint density at radius 3 is 2.65 bits per heavy atom. The number of hydrogen-bond donors (Lipinski definition) is 2. The maximum atomic E-state index is 11.8. The van der Waals surface area contributed by atoms with Crippen LogP contribution in [-0.4, -0.2) is 25.5 Å². The van der Waals surface area contributed by atoms with Crippen LogP contribution in [-0.2, 0) is 11.2 Å². The predicted molar refractivity (Wildman–Crippen MR) is 83.8 cm³/mol. The van der Waals surface area contributed by atoms with Gasteiger partial charge in [-0.3, -0.25) is 4.79 Å². The molecule has 2 aromatic carbocycles. The first-order chi connectivity index (χ1) is 9.79. The van der Waals surface area contributed by atoms with E-state index < -0.39 is 0 Å². The quantitative estimate of drug-likeness (QED) is 0.759. The van der Waals surface area contributed by atoms with Crippen molar-refractivity contribution in [1.82, 2.24) is 10.6 Å². The van der Waals surface area contributed by atoms with Gasteiger partial charge in [0.05, 0.1) is 6.42 Å². The van der Waals surface area contributed by atoms with Gasteiger partial charge in [-0.15, -0.1) is 0 Å². The fourth-order valence-corrected chi connectivity index (χ4v) is 2.21. The van der Waals surface area contributed by atoms with Gasteiger partial charge in [0.1, 0.15) is 0 Å². The molecule has 3 nitrogen and oxygen atoms in total. The Hall–Kier alpha value is -1.87. The summed E-state index contributed by atoms with van der Waals surface area (Å²) in [5, 5.41) is 8.60. The summed E-state index contributed by atoms with van der Waals surface area (Å²) in [4.78, 5) is 11.8. The SMILES string of the molecule is CCNCCCNC(=O)Cc1ccc2ccccc2c1. The number of amides is 1. The third kappa shape index (κ3) is 4.35. The molecular formula is C17H22N2O. The van der Waals surface area contributed by atoms with Crippen molar-refractivity contribution in [3.05, 3.63) is 48.0 Å². The molecule has 0 aromatic heterocycles. The molecule has 20 heavy (non-hydrogen) atoms. The minimum atomic E-state index is 0.0942. The summed E-state index contributed by atoms with van der Waals surface area (Å²) in [6.45, 7) is 4.75. The maximum Gasteiger partial charge on any atom is 0.224 e. The predicted octanol–water partition coefficient (Wildman–Crippen LogP) is 2.50. The minimum Gasteiger partial charge on any atom is -0.356 e. The van der Waals surface area contributed by atoms with Crippen LogP contribution in [0.15, 0.2) is 42.5 Å². The number of fused-ring (bicyclic) bond motifs is 1. The van der Waals surface area contributed by atoms with Crippen molar-refractivity contribution in [3.63, 3.8) is 0 Å². The molecule has 0 aliphatic heterocycles. The third-order valence-electron chi connectivity index (χ3n) is 3.28. The van der Waals surface area contributed by atoms with E-state index in [-0.39, 0.29) is 5.91 Å². The number of rotatable bonds is 7. The molecule has 106 valence electrons. The van der Waals surface area contributed by atoms with E-state index in [2.05, 4.69) is 41.8 Å². The summed E-state index contributed by atoms with van der Waals surface area (Å²) in [5.74, 6) is 0.0942. The van der Waals surface area contributed by atoms with Gasteiger partial charge in [-0.1, -0.05) is 49.4 Å². The Labute approximate surface area is 120 Å². The molecule has 0 saturated heterocycles. The molecule has 0 bridgehead atoms. The summed E-state index contributed by atoms with van der Waals surface area (Å²) in [6.07, 6.45) is 1.42. The largest absolute Gasteiger partial charge is 0.356 e. The molecule has 0 spiro atoms. The second kappa shape index (κ2) is 7.65. The normalized spacial score (nSPS) is 10.7. The molecule has 0 radical (unpaired) electrons. The molecular weight excluding hydrogens is 248 g/mol. The first kappa shape index (κ1) is 14.5. The lowest BCUT2D eigenvalue weighted by Crippen LogP contribution is -2.28. The average molecular weight is 270 g/mol. The second-order valence-electron chi connectivity index (χ2n) is 4.92. The van der Waals surface area contributed by atoms with Crippen LogP contribution in [0.3, 0.4) is 0 Å². The van der Waals surface area contributed by atoms with E-state index in [4.69, 9.17) is 0 Å². The highest BCUT2D eigenvalue weighted by Gasteiger charge is 2.03. The van der Waals surface area contributed by atoms with Crippen LogP contribution >= 0.6 is 0 Å². The van der Waals surface area contributed by atoms with Gasteiger partial charge < -0.3 is 10.6 Å². The number of carbonyl (C=O) groups excluding carboxylic acids is 1. The lowest BCUT2D eigenvalue weighted by molar-refractivity contribution is -0.120. The van der Waals surface area contributed by atoms with Gasteiger partial charge in [-0.25, -0.2) is 0 Å². The Morgan fingerprint density at radius 2 is 1.85 bits per heavy atom. The first-order valence-corrected chi connectivity index (χ1v) is 7.24. The van der Waals surface area contributed by atoms with E-state index in [1.807, 2.05) is 18.2 Å². The molecule has 0 aliphatic rings. The average Bonchev–Trinajstić information content (AvgIpc) is 2.47. The van der Waals surface area contributed by atoms with Crippen molar-refractivity contribution in [2.24, 2.45) is 0 Å². The van der Waals surface area contributed by atoms with Gasteiger partial charge >= 0.3 is 0 Å². The van der Waals surface area contributed by atoms with Crippen LogP contribution in [0, 0.1) is 0 Å². The van der Waals surface area contributed by atoms with Crippen LogP contribution in [0.2, 0.25) is 0 Å². The lowest BCUT2D eigenvalue weighted by Gasteiger charge is -2.06. The fourth-order valence-electron chi connectivity index (χ4n) is 2.21. The molecule has 0 saturated carbocycles. The summed E-state index contributed by atoms with van der Waals surface area (Å²) in [7, 11) is 0. The van der Waals surface area contributed by atoms with Crippen LogP contribution in [0.1, 0.15) is 18.9 Å². The standard InChI is InChI=1S/C17H22N2O/c1-2-18-10-5-11-19-17(20)13-14-8-9-15-6-3-4-7-16(15)12-14/h3-4,6-9,12,18H,2,5,10-11,13H2,1H3,(H,19,20). The number of carbonyl (C=O) groups is 1. The van der Waals surface area contributed by atoms with Gasteiger partial charge in [0.25, 0.3) is 0 Å². The molecule has 0 unspecified atom stereocenters. The first-order valence-electron chi connectivity index (χ1n) is 7.24. The van der Waals surface area contributed by atoms with Gasteiger partial charge in [0.15, 0.2) is 0 Å². The van der Waals surface area contributed by atoms with E-state index >= 15 is 0 Å². The van der Waals surface area contributed by atoms with Crippen LogP contribution < -0.4 is 10.6 Å². The van der Waals surface area contributed by atoms with Gasteiger partial charge in [0, 0.05) is 6.54 Å². The van der Waals surface area contributed by atoms with Crippen molar-refractivity contribution in [2.75, 3.05) is 19.6 Å². The fraction of sp³-hybridized carbons (Fsp3) is 0.353. The molecule has 2 rings (SSSR count). The summed E-state index contributed by atoms with van der Waals surface area (Å²) in [5.41, 5.74) is 1.06. The van der Waals surface area contributed by atoms with Crippen molar-refractivity contribution >= 4 is 16.7 Å². The van der Waals surface area contributed by atoms with E-state index in [0.29, 0.717) is 6.42 Å². The molecule has 0 aliphatic carbocycles. The van der Waals surface area contributed by atoms with Crippen molar-refractivity contribution in [1.29, 1.82) is 0 Å². The van der Waals surface area contributed by atoms with Gasteiger partial charge in [0.2, 0.25) is 5.91 Å². The van der Waals surface area contributed by atoms with Gasteiger partial charge in [-0.2, -0.15) is 0 Å². The van der Waals surface area contributed by atoms with Crippen molar-refractivity contribution < 1.29 is 4.79 Å². The second-order valence-corrected chi connectivity index (χ2v) is 4.92. The molecule has 2 aromatic rings. The van der Waals surface area contributed by atoms with E-state index in [9.17, 15) is 4.79 Å². The zero-order chi connectivity index (χ0) is 14.2. The molecule has 0 atom stereocenters. The summed E-state index contributed by atoms with van der Waals surface area (Å²) < 4.78 is 0. The zero-order valence-electron chi connectivity index (χ0n) is 12.0. The minimum absolute atomic E-state index is 0.0942. The monoisotopic (exact) mass is 270 g/mol. The van der Waals surface area contributed by atoms with Crippen LogP contribution in [0.5, 0.6) is 0 Å². The van der Waals surface area contributed by atoms with E-state index in [1.165, 1.54) is 10.8 Å².